The third-order valence-electron chi connectivity index (χ3n) is 4.31. The first-order chi connectivity index (χ1) is 9.66. The molecular weight excluding hydrogens is 248 g/mol. The van der Waals surface area contributed by atoms with E-state index in [2.05, 4.69) is 5.10 Å². The van der Waals surface area contributed by atoms with Crippen molar-refractivity contribution < 1.29 is 0 Å². The van der Waals surface area contributed by atoms with Crippen LogP contribution in [0.25, 0.3) is 11.4 Å². The van der Waals surface area contributed by atoms with Crippen LogP contribution in [0.2, 0.25) is 0 Å². The molecule has 20 heavy (non-hydrogen) atoms. The molecule has 1 aliphatic carbocycles. The van der Waals surface area contributed by atoms with Crippen LogP contribution < -0.4 is 5.73 Å². The molecule has 0 bridgehead atoms. The van der Waals surface area contributed by atoms with Crippen LogP contribution in [0.4, 0.5) is 5.69 Å². The average Bonchev–Trinajstić information content (AvgIpc) is 2.85. The van der Waals surface area contributed by atoms with Gasteiger partial charge in [0, 0.05) is 24.2 Å². The molecule has 1 heterocycles. The quantitative estimate of drug-likeness (QED) is 0.851. The van der Waals surface area contributed by atoms with Crippen molar-refractivity contribution in [2.24, 2.45) is 7.05 Å². The molecule has 1 aromatic carbocycles. The Labute approximate surface area is 120 Å². The molecular formula is C16H22N4. The molecule has 0 spiro atoms. The third-order valence-corrected chi connectivity index (χ3v) is 4.31. The van der Waals surface area contributed by atoms with Crippen LogP contribution in [0.1, 0.15) is 49.4 Å². The Morgan fingerprint density at radius 2 is 1.95 bits per heavy atom. The van der Waals surface area contributed by atoms with Gasteiger partial charge >= 0.3 is 0 Å². The van der Waals surface area contributed by atoms with Gasteiger partial charge in [0.15, 0.2) is 11.6 Å². The van der Waals surface area contributed by atoms with Crippen LogP contribution in [0.3, 0.4) is 0 Å². The van der Waals surface area contributed by atoms with Crippen molar-refractivity contribution in [3.8, 4) is 11.4 Å². The fraction of sp³-hybridized carbons (Fsp3) is 0.500. The van der Waals surface area contributed by atoms with Gasteiger partial charge < -0.3 is 5.73 Å². The highest BCUT2D eigenvalue weighted by Crippen LogP contribution is 2.33. The van der Waals surface area contributed by atoms with Gasteiger partial charge in [0.25, 0.3) is 0 Å². The monoisotopic (exact) mass is 270 g/mol. The zero-order valence-electron chi connectivity index (χ0n) is 12.3. The maximum Gasteiger partial charge on any atom is 0.160 e. The molecule has 1 fully saturated rings. The second-order valence-electron chi connectivity index (χ2n) is 5.79. The highest BCUT2D eigenvalue weighted by atomic mass is 15.3. The van der Waals surface area contributed by atoms with E-state index >= 15 is 0 Å². The predicted molar refractivity (Wildman–Crippen MR) is 81.4 cm³/mol. The van der Waals surface area contributed by atoms with E-state index in [0.717, 1.165) is 28.5 Å². The first-order valence-electron chi connectivity index (χ1n) is 7.43. The largest absolute Gasteiger partial charge is 0.398 e. The first-order valence-corrected chi connectivity index (χ1v) is 7.43. The lowest BCUT2D eigenvalue weighted by molar-refractivity contribution is 0.427. The number of aryl methyl sites for hydroxylation is 2. The maximum atomic E-state index is 6.19. The van der Waals surface area contributed by atoms with Crippen LogP contribution in [-0.4, -0.2) is 14.8 Å². The van der Waals surface area contributed by atoms with Crippen molar-refractivity contribution in [2.45, 2.75) is 44.9 Å². The summed E-state index contributed by atoms with van der Waals surface area (Å²) >= 11 is 0. The summed E-state index contributed by atoms with van der Waals surface area (Å²) < 4.78 is 1.87. The molecule has 4 heteroatoms. The van der Waals surface area contributed by atoms with Crippen LogP contribution in [0.5, 0.6) is 0 Å². The Hall–Kier alpha value is -1.84. The van der Waals surface area contributed by atoms with Gasteiger partial charge in [0.1, 0.15) is 0 Å². The van der Waals surface area contributed by atoms with Crippen LogP contribution >= 0.6 is 0 Å². The average molecular weight is 270 g/mol. The lowest BCUT2D eigenvalue weighted by Gasteiger charge is -2.18. The number of rotatable bonds is 2. The fourth-order valence-corrected chi connectivity index (χ4v) is 3.05. The Kier molecular flexibility index (Phi) is 3.47. The van der Waals surface area contributed by atoms with Crippen molar-refractivity contribution in [1.29, 1.82) is 0 Å². The highest BCUT2D eigenvalue weighted by Gasteiger charge is 2.22. The Balaban J connectivity index is 1.98. The molecule has 0 atom stereocenters. The van der Waals surface area contributed by atoms with Crippen molar-refractivity contribution in [1.82, 2.24) is 14.8 Å². The smallest absolute Gasteiger partial charge is 0.160 e. The Bertz CT molecular complexity index is 609. The summed E-state index contributed by atoms with van der Waals surface area (Å²) in [5.74, 6) is 2.39. The van der Waals surface area contributed by atoms with E-state index in [0.29, 0.717) is 5.92 Å². The summed E-state index contributed by atoms with van der Waals surface area (Å²) in [6.07, 6.45) is 6.37. The van der Waals surface area contributed by atoms with Gasteiger partial charge in [-0.3, -0.25) is 0 Å². The summed E-state index contributed by atoms with van der Waals surface area (Å²) in [5, 5.41) is 4.63. The molecule has 106 valence electrons. The van der Waals surface area contributed by atoms with E-state index in [1.807, 2.05) is 36.9 Å². The molecule has 1 aliphatic rings. The van der Waals surface area contributed by atoms with Gasteiger partial charge in [-0.1, -0.05) is 31.4 Å². The summed E-state index contributed by atoms with van der Waals surface area (Å²) in [6.45, 7) is 2.03. The van der Waals surface area contributed by atoms with Gasteiger partial charge in [0.05, 0.1) is 0 Å². The van der Waals surface area contributed by atoms with E-state index < -0.39 is 0 Å². The van der Waals surface area contributed by atoms with Gasteiger partial charge in [-0.15, -0.1) is 0 Å². The van der Waals surface area contributed by atoms with Crippen molar-refractivity contribution in [2.75, 3.05) is 5.73 Å². The van der Waals surface area contributed by atoms with Crippen LogP contribution in [0.15, 0.2) is 18.2 Å². The molecule has 1 aromatic heterocycles. The number of benzene rings is 1. The second kappa shape index (κ2) is 5.27. The summed E-state index contributed by atoms with van der Waals surface area (Å²) in [7, 11) is 1.95. The normalized spacial score (nSPS) is 16.5. The number of nitrogens with zero attached hydrogens (tertiary/aromatic N) is 3. The summed E-state index contributed by atoms with van der Waals surface area (Å²) in [5.41, 5.74) is 9.07. The SMILES string of the molecule is Cc1cccc(-c2nc(C3CCCCC3)nn2C)c1N. The number of aromatic nitrogens is 3. The number of anilines is 1. The van der Waals surface area contributed by atoms with Crippen molar-refractivity contribution in [3.05, 3.63) is 29.6 Å². The molecule has 0 radical (unpaired) electrons. The number of hydrogen-bond acceptors (Lipinski definition) is 3. The number of nitrogens with two attached hydrogens (primary N) is 1. The highest BCUT2D eigenvalue weighted by molar-refractivity contribution is 5.74. The zero-order valence-corrected chi connectivity index (χ0v) is 12.3. The number of hydrogen-bond donors (Lipinski definition) is 1. The topological polar surface area (TPSA) is 56.7 Å². The lowest BCUT2D eigenvalue weighted by Crippen LogP contribution is -2.06. The van der Waals surface area contributed by atoms with Gasteiger partial charge in [-0.2, -0.15) is 5.10 Å². The maximum absolute atomic E-state index is 6.19. The minimum atomic E-state index is 0.523. The number of nitrogen functional groups attached to an aromatic ring is 1. The summed E-state index contributed by atoms with van der Waals surface area (Å²) in [6, 6.07) is 6.07. The molecule has 4 nitrogen and oxygen atoms in total. The van der Waals surface area contributed by atoms with Gasteiger partial charge in [0.2, 0.25) is 0 Å². The van der Waals surface area contributed by atoms with E-state index in [4.69, 9.17) is 10.7 Å². The third kappa shape index (κ3) is 2.30. The molecule has 2 N–H and O–H groups in total. The standard InChI is InChI=1S/C16H22N4/c1-11-7-6-10-13(14(11)17)16-18-15(19-20(16)2)12-8-4-3-5-9-12/h6-7,10,12H,3-5,8-9,17H2,1-2H3. The molecule has 0 saturated heterocycles. The Morgan fingerprint density at radius 3 is 2.70 bits per heavy atom. The molecule has 0 unspecified atom stereocenters. The van der Waals surface area contributed by atoms with Gasteiger partial charge in [-0.25, -0.2) is 9.67 Å². The summed E-state index contributed by atoms with van der Waals surface area (Å²) in [4.78, 5) is 4.78. The number of para-hydroxylation sites is 1. The molecule has 2 aromatic rings. The van der Waals surface area contributed by atoms with Crippen molar-refractivity contribution in [3.63, 3.8) is 0 Å². The molecule has 0 aliphatic heterocycles. The van der Waals surface area contributed by atoms with E-state index in [1.54, 1.807) is 0 Å². The minimum absolute atomic E-state index is 0.523. The Morgan fingerprint density at radius 1 is 1.20 bits per heavy atom. The molecule has 3 rings (SSSR count). The first kappa shape index (κ1) is 13.2. The second-order valence-corrected chi connectivity index (χ2v) is 5.79. The van der Waals surface area contributed by atoms with Crippen LogP contribution in [0, 0.1) is 6.92 Å². The fourth-order valence-electron chi connectivity index (χ4n) is 3.05. The van der Waals surface area contributed by atoms with E-state index in [9.17, 15) is 0 Å². The lowest BCUT2D eigenvalue weighted by atomic mass is 9.89. The predicted octanol–water partition coefficient (Wildman–Crippen LogP) is 3.42. The van der Waals surface area contributed by atoms with E-state index in [-0.39, 0.29) is 0 Å². The zero-order chi connectivity index (χ0) is 14.1. The van der Waals surface area contributed by atoms with Crippen molar-refractivity contribution >= 4 is 5.69 Å². The molecule has 1 saturated carbocycles. The van der Waals surface area contributed by atoms with E-state index in [1.165, 1.54) is 32.1 Å². The molecule has 0 amide bonds. The minimum Gasteiger partial charge on any atom is -0.398 e. The van der Waals surface area contributed by atoms with Crippen LogP contribution in [-0.2, 0) is 7.05 Å². The van der Waals surface area contributed by atoms with Gasteiger partial charge in [-0.05, 0) is 31.4 Å².